The van der Waals surface area contributed by atoms with Gasteiger partial charge in [-0.15, -0.1) is 0 Å². The fraction of sp³-hybridized carbons (Fsp3) is 0.444. The van der Waals surface area contributed by atoms with Crippen molar-refractivity contribution in [3.63, 3.8) is 0 Å². The third-order valence-electron chi connectivity index (χ3n) is 4.21. The molecule has 0 radical (unpaired) electrons. The van der Waals surface area contributed by atoms with Crippen LogP contribution in [0.2, 0.25) is 0 Å². The van der Waals surface area contributed by atoms with Crippen LogP contribution in [-0.4, -0.2) is 49.2 Å². The molecule has 3 rings (SSSR count). The van der Waals surface area contributed by atoms with Gasteiger partial charge in [-0.05, 0) is 31.9 Å². The fourth-order valence-corrected chi connectivity index (χ4v) is 3.06. The maximum absolute atomic E-state index is 12.8. The van der Waals surface area contributed by atoms with Gasteiger partial charge in [0.2, 0.25) is 0 Å². The second kappa shape index (κ2) is 7.38. The molecule has 1 fully saturated rings. The number of rotatable bonds is 3. The number of para-hydroxylation sites is 1. The van der Waals surface area contributed by atoms with Crippen LogP contribution in [-0.2, 0) is 9.53 Å². The average Bonchev–Trinajstić information content (AvgIpc) is 2.61. The molecular formula is C18H22N2O4. The number of nitrogens with zero attached hydrogens (tertiary/aromatic N) is 1. The van der Waals surface area contributed by atoms with E-state index in [0.29, 0.717) is 25.3 Å². The summed E-state index contributed by atoms with van der Waals surface area (Å²) in [5.41, 5.74) is 1.57. The Labute approximate surface area is 141 Å². The summed E-state index contributed by atoms with van der Waals surface area (Å²) in [5, 5.41) is 2.82. The van der Waals surface area contributed by atoms with Crippen molar-refractivity contribution >= 4 is 18.1 Å². The molecule has 1 unspecified atom stereocenters. The first-order valence-electron chi connectivity index (χ1n) is 8.32. The van der Waals surface area contributed by atoms with Crippen molar-refractivity contribution in [3.05, 3.63) is 35.4 Å². The Morgan fingerprint density at radius 2 is 2.21 bits per heavy atom. The zero-order chi connectivity index (χ0) is 16.9. The van der Waals surface area contributed by atoms with Crippen LogP contribution in [0.15, 0.2) is 29.8 Å². The van der Waals surface area contributed by atoms with Crippen LogP contribution in [0.1, 0.15) is 25.3 Å². The Bertz CT molecular complexity index is 656. The van der Waals surface area contributed by atoms with Crippen LogP contribution in [0.25, 0.3) is 6.08 Å². The Hall–Kier alpha value is -2.50. The highest BCUT2D eigenvalue weighted by Gasteiger charge is 2.28. The number of amides is 2. The van der Waals surface area contributed by atoms with Crippen LogP contribution in [0.3, 0.4) is 0 Å². The molecule has 24 heavy (non-hydrogen) atoms. The summed E-state index contributed by atoms with van der Waals surface area (Å²) in [6.45, 7) is 3.58. The number of benzene rings is 1. The first-order chi connectivity index (χ1) is 11.7. The number of hydrogen-bond acceptors (Lipinski definition) is 4. The highest BCUT2D eigenvalue weighted by atomic mass is 16.5. The monoisotopic (exact) mass is 330 g/mol. The van der Waals surface area contributed by atoms with E-state index < -0.39 is 6.09 Å². The van der Waals surface area contributed by atoms with E-state index in [2.05, 4.69) is 5.32 Å². The van der Waals surface area contributed by atoms with Gasteiger partial charge in [0, 0.05) is 24.7 Å². The maximum Gasteiger partial charge on any atom is 0.407 e. The largest absolute Gasteiger partial charge is 0.488 e. The molecule has 2 amide bonds. The van der Waals surface area contributed by atoms with Crippen LogP contribution in [0.5, 0.6) is 5.75 Å². The summed E-state index contributed by atoms with van der Waals surface area (Å²) in [5.74, 6) is 0.773. The highest BCUT2D eigenvalue weighted by molar-refractivity contribution is 5.99. The first-order valence-corrected chi connectivity index (χ1v) is 8.32. The SMILES string of the molecule is CCOC(=O)NC1CCCN(C(=O)C2=Cc3ccccc3OC2)C1. The highest BCUT2D eigenvalue weighted by Crippen LogP contribution is 2.27. The fourth-order valence-electron chi connectivity index (χ4n) is 3.06. The van der Waals surface area contributed by atoms with E-state index in [1.165, 1.54) is 0 Å². The summed E-state index contributed by atoms with van der Waals surface area (Å²) in [7, 11) is 0. The lowest BCUT2D eigenvalue weighted by molar-refractivity contribution is -0.128. The molecule has 0 saturated carbocycles. The van der Waals surface area contributed by atoms with Gasteiger partial charge in [0.25, 0.3) is 5.91 Å². The number of nitrogens with one attached hydrogen (secondary N) is 1. The normalized spacial score (nSPS) is 19.6. The van der Waals surface area contributed by atoms with E-state index in [0.717, 1.165) is 24.2 Å². The van der Waals surface area contributed by atoms with Crippen LogP contribution in [0, 0.1) is 0 Å². The van der Waals surface area contributed by atoms with Crippen molar-refractivity contribution in [1.29, 1.82) is 0 Å². The summed E-state index contributed by atoms with van der Waals surface area (Å²) >= 11 is 0. The Morgan fingerprint density at radius 3 is 3.04 bits per heavy atom. The maximum atomic E-state index is 12.8. The van der Waals surface area contributed by atoms with Gasteiger partial charge in [0.15, 0.2) is 0 Å². The van der Waals surface area contributed by atoms with Crippen molar-refractivity contribution in [3.8, 4) is 5.75 Å². The zero-order valence-corrected chi connectivity index (χ0v) is 13.8. The second-order valence-corrected chi connectivity index (χ2v) is 5.95. The van der Waals surface area contributed by atoms with E-state index >= 15 is 0 Å². The van der Waals surface area contributed by atoms with Crippen LogP contribution in [0.4, 0.5) is 4.79 Å². The Morgan fingerprint density at radius 1 is 1.38 bits per heavy atom. The van der Waals surface area contributed by atoms with E-state index in [9.17, 15) is 9.59 Å². The minimum atomic E-state index is -0.425. The Kier molecular flexibility index (Phi) is 5.03. The van der Waals surface area contributed by atoms with Gasteiger partial charge < -0.3 is 19.7 Å². The van der Waals surface area contributed by atoms with E-state index in [1.54, 1.807) is 11.8 Å². The molecule has 1 atom stereocenters. The quantitative estimate of drug-likeness (QED) is 0.922. The number of alkyl carbamates (subject to hydrolysis) is 1. The number of likely N-dealkylation sites (tertiary alicyclic amines) is 1. The number of piperidine rings is 1. The van der Waals surface area contributed by atoms with Crippen molar-refractivity contribution < 1.29 is 19.1 Å². The van der Waals surface area contributed by atoms with Crippen LogP contribution < -0.4 is 10.1 Å². The number of carbonyl (C=O) groups excluding carboxylic acids is 2. The summed E-state index contributed by atoms with van der Waals surface area (Å²) in [6, 6.07) is 7.59. The molecule has 6 heteroatoms. The van der Waals surface area contributed by atoms with E-state index in [4.69, 9.17) is 9.47 Å². The zero-order valence-electron chi connectivity index (χ0n) is 13.8. The molecule has 6 nitrogen and oxygen atoms in total. The molecule has 0 aromatic heterocycles. The second-order valence-electron chi connectivity index (χ2n) is 5.95. The molecule has 2 aliphatic rings. The third-order valence-corrected chi connectivity index (χ3v) is 4.21. The molecule has 2 heterocycles. The number of fused-ring (bicyclic) bond motifs is 1. The molecule has 0 spiro atoms. The predicted octanol–water partition coefficient (Wildman–Crippen LogP) is 2.20. The average molecular weight is 330 g/mol. The van der Waals surface area contributed by atoms with E-state index in [-0.39, 0.29) is 18.6 Å². The summed E-state index contributed by atoms with van der Waals surface area (Å²) < 4.78 is 10.6. The Balaban J connectivity index is 1.65. The number of hydrogen-bond donors (Lipinski definition) is 1. The molecule has 0 aliphatic carbocycles. The van der Waals surface area contributed by atoms with Crippen molar-refractivity contribution in [2.24, 2.45) is 0 Å². The standard InChI is InChI=1S/C18H22N2O4/c1-2-23-18(22)19-15-7-5-9-20(11-15)17(21)14-10-13-6-3-4-8-16(13)24-12-14/h3-4,6,8,10,15H,2,5,7,9,11-12H2,1H3,(H,19,22). The number of ether oxygens (including phenoxy) is 2. The van der Waals surface area contributed by atoms with Gasteiger partial charge in [0.1, 0.15) is 12.4 Å². The lowest BCUT2D eigenvalue weighted by Crippen LogP contribution is -2.50. The molecule has 2 aliphatic heterocycles. The summed E-state index contributed by atoms with van der Waals surface area (Å²) in [6.07, 6.45) is 3.17. The lowest BCUT2D eigenvalue weighted by Gasteiger charge is -2.34. The van der Waals surface area contributed by atoms with Gasteiger partial charge in [0.05, 0.1) is 12.2 Å². The van der Waals surface area contributed by atoms with E-state index in [1.807, 2.05) is 30.3 Å². The predicted molar refractivity (Wildman–Crippen MR) is 89.7 cm³/mol. The molecule has 1 aromatic carbocycles. The number of carbonyl (C=O) groups is 2. The molecule has 1 aromatic rings. The topological polar surface area (TPSA) is 67.9 Å². The van der Waals surface area contributed by atoms with Gasteiger partial charge in [-0.1, -0.05) is 18.2 Å². The molecule has 128 valence electrons. The first kappa shape index (κ1) is 16.4. The van der Waals surface area contributed by atoms with Gasteiger partial charge in [-0.2, -0.15) is 0 Å². The van der Waals surface area contributed by atoms with Crippen LogP contribution >= 0.6 is 0 Å². The summed E-state index contributed by atoms with van der Waals surface area (Å²) in [4.78, 5) is 26.1. The van der Waals surface area contributed by atoms with Gasteiger partial charge in [-0.3, -0.25) is 4.79 Å². The van der Waals surface area contributed by atoms with Gasteiger partial charge in [-0.25, -0.2) is 4.79 Å². The smallest absolute Gasteiger partial charge is 0.407 e. The minimum absolute atomic E-state index is 0.0279. The molecular weight excluding hydrogens is 308 g/mol. The minimum Gasteiger partial charge on any atom is -0.488 e. The molecule has 1 saturated heterocycles. The van der Waals surface area contributed by atoms with Crippen molar-refractivity contribution in [1.82, 2.24) is 10.2 Å². The van der Waals surface area contributed by atoms with Crippen molar-refractivity contribution in [2.75, 3.05) is 26.3 Å². The van der Waals surface area contributed by atoms with Gasteiger partial charge >= 0.3 is 6.09 Å². The lowest BCUT2D eigenvalue weighted by atomic mass is 10.0. The van der Waals surface area contributed by atoms with Crippen molar-refractivity contribution in [2.45, 2.75) is 25.8 Å². The third kappa shape index (κ3) is 3.69. The molecule has 1 N–H and O–H groups in total. The molecule has 0 bridgehead atoms.